The SMILES string of the molecule is CCOc1ccc(C(C(CC)CO)N(C)C)cc1C. The number of benzene rings is 1. The highest BCUT2D eigenvalue weighted by Crippen LogP contribution is 2.31. The van der Waals surface area contributed by atoms with Crippen LogP contribution in [0.3, 0.4) is 0 Å². The van der Waals surface area contributed by atoms with Crippen molar-refractivity contribution < 1.29 is 9.84 Å². The lowest BCUT2D eigenvalue weighted by Crippen LogP contribution is -2.29. The fourth-order valence-electron chi connectivity index (χ4n) is 2.62. The van der Waals surface area contributed by atoms with E-state index in [0.717, 1.165) is 17.7 Å². The zero-order valence-corrected chi connectivity index (χ0v) is 12.8. The lowest BCUT2D eigenvalue weighted by atomic mass is 9.90. The third-order valence-electron chi connectivity index (χ3n) is 3.60. The van der Waals surface area contributed by atoms with Crippen molar-refractivity contribution in [2.75, 3.05) is 27.3 Å². The topological polar surface area (TPSA) is 32.7 Å². The number of aliphatic hydroxyl groups excluding tert-OH is 1. The van der Waals surface area contributed by atoms with Crippen molar-refractivity contribution in [3.05, 3.63) is 29.3 Å². The molecule has 0 radical (unpaired) electrons. The summed E-state index contributed by atoms with van der Waals surface area (Å²) in [6.45, 7) is 7.09. The third-order valence-corrected chi connectivity index (χ3v) is 3.60. The van der Waals surface area contributed by atoms with E-state index in [1.165, 1.54) is 5.56 Å². The summed E-state index contributed by atoms with van der Waals surface area (Å²) in [7, 11) is 4.13. The van der Waals surface area contributed by atoms with Gasteiger partial charge in [0, 0.05) is 18.6 Å². The number of hydrogen-bond acceptors (Lipinski definition) is 3. The number of rotatable bonds is 7. The summed E-state index contributed by atoms with van der Waals surface area (Å²) in [6, 6.07) is 6.56. The Bertz CT molecular complexity index is 386. The molecule has 0 aromatic heterocycles. The van der Waals surface area contributed by atoms with Gasteiger partial charge in [-0.15, -0.1) is 0 Å². The van der Waals surface area contributed by atoms with Crippen molar-refractivity contribution in [2.45, 2.75) is 33.2 Å². The molecule has 0 saturated carbocycles. The van der Waals surface area contributed by atoms with Crippen LogP contribution in [0, 0.1) is 12.8 Å². The van der Waals surface area contributed by atoms with E-state index >= 15 is 0 Å². The Kier molecular flexibility index (Phi) is 6.32. The first-order valence-electron chi connectivity index (χ1n) is 7.05. The molecule has 1 aromatic carbocycles. The van der Waals surface area contributed by atoms with Gasteiger partial charge in [-0.25, -0.2) is 0 Å². The molecule has 108 valence electrons. The van der Waals surface area contributed by atoms with Gasteiger partial charge in [0.15, 0.2) is 0 Å². The molecule has 1 aromatic rings. The minimum Gasteiger partial charge on any atom is -0.494 e. The Labute approximate surface area is 117 Å². The van der Waals surface area contributed by atoms with Crippen molar-refractivity contribution in [3.8, 4) is 5.75 Å². The average Bonchev–Trinajstić information content (AvgIpc) is 2.38. The van der Waals surface area contributed by atoms with Crippen molar-refractivity contribution in [3.63, 3.8) is 0 Å². The number of aryl methyl sites for hydroxylation is 1. The first kappa shape index (κ1) is 16.0. The van der Waals surface area contributed by atoms with E-state index in [1.54, 1.807) is 0 Å². The van der Waals surface area contributed by atoms with Crippen LogP contribution in [0.2, 0.25) is 0 Å². The Morgan fingerprint density at radius 3 is 2.37 bits per heavy atom. The second-order valence-electron chi connectivity index (χ2n) is 5.22. The molecule has 2 atom stereocenters. The largest absolute Gasteiger partial charge is 0.494 e. The fourth-order valence-corrected chi connectivity index (χ4v) is 2.62. The third kappa shape index (κ3) is 3.95. The number of aliphatic hydroxyl groups is 1. The Morgan fingerprint density at radius 1 is 1.26 bits per heavy atom. The van der Waals surface area contributed by atoms with Gasteiger partial charge in [0.2, 0.25) is 0 Å². The van der Waals surface area contributed by atoms with Crippen LogP contribution in [-0.2, 0) is 0 Å². The van der Waals surface area contributed by atoms with Crippen molar-refractivity contribution in [1.29, 1.82) is 0 Å². The van der Waals surface area contributed by atoms with Gasteiger partial charge in [-0.05, 0) is 51.6 Å². The summed E-state index contributed by atoms with van der Waals surface area (Å²) < 4.78 is 5.58. The van der Waals surface area contributed by atoms with Crippen LogP contribution in [-0.4, -0.2) is 37.3 Å². The molecular formula is C16H27NO2. The Hall–Kier alpha value is -1.06. The summed E-state index contributed by atoms with van der Waals surface area (Å²) in [5.41, 5.74) is 2.39. The van der Waals surface area contributed by atoms with Crippen LogP contribution >= 0.6 is 0 Å². The van der Waals surface area contributed by atoms with E-state index in [2.05, 4.69) is 45.0 Å². The van der Waals surface area contributed by atoms with Crippen LogP contribution in [0.4, 0.5) is 0 Å². The van der Waals surface area contributed by atoms with Gasteiger partial charge in [-0.1, -0.05) is 19.1 Å². The Morgan fingerprint density at radius 2 is 1.95 bits per heavy atom. The maximum atomic E-state index is 9.56. The second-order valence-corrected chi connectivity index (χ2v) is 5.22. The van der Waals surface area contributed by atoms with Crippen LogP contribution in [0.25, 0.3) is 0 Å². The lowest BCUT2D eigenvalue weighted by molar-refractivity contribution is 0.130. The molecule has 0 heterocycles. The quantitative estimate of drug-likeness (QED) is 0.822. The minimum absolute atomic E-state index is 0.214. The van der Waals surface area contributed by atoms with E-state index in [4.69, 9.17) is 4.74 Å². The number of hydrogen-bond donors (Lipinski definition) is 1. The normalized spacial score (nSPS) is 14.5. The van der Waals surface area contributed by atoms with Crippen molar-refractivity contribution in [1.82, 2.24) is 4.90 Å². The van der Waals surface area contributed by atoms with E-state index in [1.807, 2.05) is 13.0 Å². The molecule has 0 saturated heterocycles. The van der Waals surface area contributed by atoms with Crippen LogP contribution in [0.5, 0.6) is 5.75 Å². The highest BCUT2D eigenvalue weighted by Gasteiger charge is 2.23. The molecule has 0 amide bonds. The maximum absolute atomic E-state index is 9.56. The lowest BCUT2D eigenvalue weighted by Gasteiger charge is -2.31. The molecule has 1 N–H and O–H groups in total. The molecule has 0 aliphatic heterocycles. The summed E-state index contributed by atoms with van der Waals surface area (Å²) in [5, 5.41) is 9.56. The minimum atomic E-state index is 0.214. The van der Waals surface area contributed by atoms with Gasteiger partial charge < -0.3 is 14.7 Å². The summed E-state index contributed by atoms with van der Waals surface area (Å²) in [6.07, 6.45) is 0.964. The zero-order valence-electron chi connectivity index (χ0n) is 12.8. The first-order chi connectivity index (χ1) is 9.04. The number of ether oxygens (including phenoxy) is 1. The van der Waals surface area contributed by atoms with Crippen LogP contribution in [0.1, 0.15) is 37.4 Å². The van der Waals surface area contributed by atoms with Gasteiger partial charge >= 0.3 is 0 Å². The van der Waals surface area contributed by atoms with Crippen LogP contribution in [0.15, 0.2) is 18.2 Å². The van der Waals surface area contributed by atoms with Gasteiger partial charge in [0.05, 0.1) is 6.61 Å². The van der Waals surface area contributed by atoms with Gasteiger partial charge in [0.25, 0.3) is 0 Å². The molecule has 0 aliphatic carbocycles. The molecule has 1 rings (SSSR count). The summed E-state index contributed by atoms with van der Waals surface area (Å²) in [5.74, 6) is 1.20. The van der Waals surface area contributed by atoms with Crippen LogP contribution < -0.4 is 4.74 Å². The molecule has 0 bridgehead atoms. The molecule has 3 heteroatoms. The van der Waals surface area contributed by atoms with Gasteiger partial charge in [0.1, 0.15) is 5.75 Å². The molecule has 0 aliphatic rings. The predicted octanol–water partition coefficient (Wildman–Crippen LogP) is 3.01. The highest BCUT2D eigenvalue weighted by atomic mass is 16.5. The molecular weight excluding hydrogens is 238 g/mol. The van der Waals surface area contributed by atoms with E-state index in [9.17, 15) is 5.11 Å². The smallest absolute Gasteiger partial charge is 0.122 e. The average molecular weight is 265 g/mol. The molecule has 0 fully saturated rings. The zero-order chi connectivity index (χ0) is 14.4. The maximum Gasteiger partial charge on any atom is 0.122 e. The van der Waals surface area contributed by atoms with E-state index in [0.29, 0.717) is 6.61 Å². The van der Waals surface area contributed by atoms with Crippen molar-refractivity contribution in [2.24, 2.45) is 5.92 Å². The van der Waals surface area contributed by atoms with Crippen molar-refractivity contribution >= 4 is 0 Å². The first-order valence-corrected chi connectivity index (χ1v) is 7.05. The standard InChI is InChI=1S/C16H27NO2/c1-6-13(11-18)16(17(4)5)14-8-9-15(19-7-2)12(3)10-14/h8-10,13,16,18H,6-7,11H2,1-5H3. The molecule has 3 nitrogen and oxygen atoms in total. The molecule has 2 unspecified atom stereocenters. The van der Waals surface area contributed by atoms with Gasteiger partial charge in [-0.2, -0.15) is 0 Å². The second kappa shape index (κ2) is 7.51. The molecule has 0 spiro atoms. The predicted molar refractivity (Wildman–Crippen MR) is 79.6 cm³/mol. The fraction of sp³-hybridized carbons (Fsp3) is 0.625. The Balaban J connectivity index is 3.06. The highest BCUT2D eigenvalue weighted by molar-refractivity contribution is 5.37. The summed E-state index contributed by atoms with van der Waals surface area (Å²) >= 11 is 0. The monoisotopic (exact) mass is 265 g/mol. The van der Waals surface area contributed by atoms with Gasteiger partial charge in [-0.3, -0.25) is 0 Å². The molecule has 19 heavy (non-hydrogen) atoms. The summed E-state index contributed by atoms with van der Waals surface area (Å²) in [4.78, 5) is 2.18. The number of nitrogens with zero attached hydrogens (tertiary/aromatic N) is 1. The van der Waals surface area contributed by atoms with E-state index < -0.39 is 0 Å². The van der Waals surface area contributed by atoms with E-state index in [-0.39, 0.29) is 18.6 Å².